The van der Waals surface area contributed by atoms with Gasteiger partial charge in [-0.25, -0.2) is 4.90 Å². The van der Waals surface area contributed by atoms with E-state index in [-0.39, 0.29) is 11.8 Å². The van der Waals surface area contributed by atoms with Crippen molar-refractivity contribution < 1.29 is 14.3 Å². The van der Waals surface area contributed by atoms with E-state index in [1.807, 2.05) is 73.5 Å². The number of benzene rings is 3. The topological polar surface area (TPSA) is 49.9 Å². The van der Waals surface area contributed by atoms with Gasteiger partial charge in [-0.2, -0.15) is 0 Å². The summed E-state index contributed by atoms with van der Waals surface area (Å²) in [7, 11) is 3.34. The summed E-state index contributed by atoms with van der Waals surface area (Å²) in [6.45, 7) is 2.47. The number of halogens is 1. The maximum atomic E-state index is 13.6. The van der Waals surface area contributed by atoms with Crippen LogP contribution in [-0.2, 0) is 16.1 Å². The first-order chi connectivity index (χ1) is 15.4. The number of nitrogens with zero attached hydrogens (tertiary/aromatic N) is 2. The Hall–Kier alpha value is -3.57. The van der Waals surface area contributed by atoms with Crippen molar-refractivity contribution in [3.63, 3.8) is 0 Å². The fourth-order valence-corrected chi connectivity index (χ4v) is 4.07. The molecule has 1 aliphatic heterocycles. The number of methoxy groups -OCH3 is 1. The number of ether oxygens (including phenoxy) is 1. The molecule has 0 spiro atoms. The second-order valence-corrected chi connectivity index (χ2v) is 8.10. The molecule has 3 aromatic rings. The number of amides is 2. The van der Waals surface area contributed by atoms with Crippen molar-refractivity contribution in [2.24, 2.45) is 0 Å². The Morgan fingerprint density at radius 1 is 0.938 bits per heavy atom. The normalized spacial score (nSPS) is 13.7. The number of rotatable bonds is 6. The number of anilines is 1. The largest absolute Gasteiger partial charge is 0.495 e. The highest BCUT2D eigenvalue weighted by molar-refractivity contribution is 6.45. The van der Waals surface area contributed by atoms with Crippen LogP contribution in [0.4, 0.5) is 5.69 Å². The van der Waals surface area contributed by atoms with Gasteiger partial charge in [-0.15, -0.1) is 0 Å². The van der Waals surface area contributed by atoms with E-state index in [0.717, 1.165) is 11.1 Å². The summed E-state index contributed by atoms with van der Waals surface area (Å²) < 4.78 is 5.20. The minimum Gasteiger partial charge on any atom is -0.495 e. The first kappa shape index (κ1) is 21.7. The van der Waals surface area contributed by atoms with Crippen LogP contribution >= 0.6 is 11.6 Å². The monoisotopic (exact) mass is 446 g/mol. The molecule has 3 aromatic carbocycles. The zero-order valence-corrected chi connectivity index (χ0v) is 18.9. The fourth-order valence-electron chi connectivity index (χ4n) is 3.82. The van der Waals surface area contributed by atoms with Crippen LogP contribution in [0.5, 0.6) is 5.75 Å². The second-order valence-electron chi connectivity index (χ2n) is 7.70. The minimum absolute atomic E-state index is 0.327. The summed E-state index contributed by atoms with van der Waals surface area (Å²) >= 11 is 6.28. The van der Waals surface area contributed by atoms with E-state index in [1.165, 1.54) is 12.0 Å². The third-order valence-corrected chi connectivity index (χ3v) is 5.73. The molecule has 0 N–H and O–H groups in total. The van der Waals surface area contributed by atoms with E-state index in [2.05, 4.69) is 0 Å². The first-order valence-electron chi connectivity index (χ1n) is 10.2. The van der Waals surface area contributed by atoms with Crippen molar-refractivity contribution in [2.45, 2.75) is 13.5 Å². The van der Waals surface area contributed by atoms with Crippen molar-refractivity contribution >= 4 is 34.7 Å². The van der Waals surface area contributed by atoms with E-state index in [4.69, 9.17) is 16.3 Å². The van der Waals surface area contributed by atoms with Crippen LogP contribution in [0, 0.1) is 6.92 Å². The van der Waals surface area contributed by atoms with Gasteiger partial charge in [0.1, 0.15) is 11.4 Å². The van der Waals surface area contributed by atoms with Gasteiger partial charge in [0.2, 0.25) is 0 Å². The van der Waals surface area contributed by atoms with Gasteiger partial charge in [0, 0.05) is 13.6 Å². The summed E-state index contributed by atoms with van der Waals surface area (Å²) in [4.78, 5) is 30.2. The van der Waals surface area contributed by atoms with E-state index in [0.29, 0.717) is 39.8 Å². The lowest BCUT2D eigenvalue weighted by Crippen LogP contribution is -2.34. The molecule has 1 heterocycles. The molecule has 32 heavy (non-hydrogen) atoms. The molecule has 0 aliphatic carbocycles. The summed E-state index contributed by atoms with van der Waals surface area (Å²) in [5.74, 6) is -0.289. The predicted molar refractivity (Wildman–Crippen MR) is 127 cm³/mol. The number of carbonyl (C=O) groups excluding carboxylic acids is 2. The molecule has 0 saturated heterocycles. The van der Waals surface area contributed by atoms with Crippen molar-refractivity contribution in [2.75, 3.05) is 19.1 Å². The molecule has 0 aromatic heterocycles. The van der Waals surface area contributed by atoms with Crippen molar-refractivity contribution in [3.05, 3.63) is 100 Å². The van der Waals surface area contributed by atoms with Gasteiger partial charge in [-0.05, 0) is 36.2 Å². The van der Waals surface area contributed by atoms with Crippen LogP contribution in [-0.4, -0.2) is 30.9 Å². The molecule has 0 radical (unpaired) electrons. The average molecular weight is 447 g/mol. The van der Waals surface area contributed by atoms with Crippen molar-refractivity contribution in [3.8, 4) is 5.75 Å². The average Bonchev–Trinajstić information content (AvgIpc) is 3.05. The minimum atomic E-state index is -0.384. The van der Waals surface area contributed by atoms with E-state index >= 15 is 0 Å². The lowest BCUT2D eigenvalue weighted by Gasteiger charge is -2.22. The van der Waals surface area contributed by atoms with Gasteiger partial charge >= 0.3 is 0 Å². The highest BCUT2D eigenvalue weighted by Gasteiger charge is 2.41. The smallest absolute Gasteiger partial charge is 0.282 e. The zero-order chi connectivity index (χ0) is 22.8. The Bertz CT molecular complexity index is 1200. The predicted octanol–water partition coefficient (Wildman–Crippen LogP) is 5.07. The Balaban J connectivity index is 1.79. The van der Waals surface area contributed by atoms with E-state index in [9.17, 15) is 9.59 Å². The number of aryl methyl sites for hydroxylation is 1. The first-order valence-corrected chi connectivity index (χ1v) is 10.6. The Morgan fingerprint density at radius 2 is 1.62 bits per heavy atom. The summed E-state index contributed by atoms with van der Waals surface area (Å²) in [6, 6.07) is 22.3. The lowest BCUT2D eigenvalue weighted by molar-refractivity contribution is -0.120. The second kappa shape index (κ2) is 8.89. The molecular weight excluding hydrogens is 424 g/mol. The third kappa shape index (κ3) is 3.99. The summed E-state index contributed by atoms with van der Waals surface area (Å²) in [5, 5.41) is 0.327. The standard InChI is InChI=1S/C26H23ClN2O3/c1-17-9-11-19(12-10-17)23-24(28(2)16-18-7-5-4-6-8-18)26(31)29(25(23)30)20-13-14-22(32-3)21(27)15-20/h4-15H,16H2,1-3H3. The van der Waals surface area contributed by atoms with Crippen LogP contribution in [0.25, 0.3) is 5.57 Å². The molecule has 0 atom stereocenters. The van der Waals surface area contributed by atoms with Crippen LogP contribution in [0.1, 0.15) is 16.7 Å². The Kier molecular flexibility index (Phi) is 6.01. The zero-order valence-electron chi connectivity index (χ0n) is 18.1. The molecule has 1 aliphatic rings. The SMILES string of the molecule is COc1ccc(N2C(=O)C(c3ccc(C)cc3)=C(N(C)Cc3ccccc3)C2=O)cc1Cl. The maximum absolute atomic E-state index is 13.6. The van der Waals surface area contributed by atoms with Crippen molar-refractivity contribution in [1.29, 1.82) is 0 Å². The number of carbonyl (C=O) groups is 2. The highest BCUT2D eigenvalue weighted by atomic mass is 35.5. The van der Waals surface area contributed by atoms with Crippen LogP contribution in [0.2, 0.25) is 5.02 Å². The quantitative estimate of drug-likeness (QED) is 0.496. The number of hydrogen-bond acceptors (Lipinski definition) is 4. The molecule has 4 rings (SSSR count). The van der Waals surface area contributed by atoms with E-state index < -0.39 is 0 Å². The lowest BCUT2D eigenvalue weighted by atomic mass is 10.0. The van der Waals surface area contributed by atoms with Gasteiger partial charge in [-0.3, -0.25) is 9.59 Å². The Labute approximate surface area is 192 Å². The third-order valence-electron chi connectivity index (χ3n) is 5.44. The molecule has 5 nitrogen and oxygen atoms in total. The molecule has 162 valence electrons. The molecular formula is C26H23ClN2O3. The highest BCUT2D eigenvalue weighted by Crippen LogP contribution is 2.37. The summed E-state index contributed by atoms with van der Waals surface area (Å²) in [5.41, 5.74) is 3.94. The fraction of sp³-hybridized carbons (Fsp3) is 0.154. The van der Waals surface area contributed by atoms with Crippen LogP contribution in [0.15, 0.2) is 78.5 Å². The van der Waals surface area contributed by atoms with Gasteiger partial charge in [-0.1, -0.05) is 71.8 Å². The summed E-state index contributed by atoms with van der Waals surface area (Å²) in [6.07, 6.45) is 0. The van der Waals surface area contributed by atoms with Gasteiger partial charge in [0.25, 0.3) is 11.8 Å². The molecule has 0 unspecified atom stereocenters. The van der Waals surface area contributed by atoms with Crippen LogP contribution < -0.4 is 9.64 Å². The number of likely N-dealkylation sites (N-methyl/N-ethyl adjacent to an activating group) is 1. The molecule has 0 fully saturated rings. The van der Waals surface area contributed by atoms with Crippen LogP contribution in [0.3, 0.4) is 0 Å². The van der Waals surface area contributed by atoms with Gasteiger partial charge < -0.3 is 9.64 Å². The molecule has 0 saturated carbocycles. The molecule has 2 amide bonds. The van der Waals surface area contributed by atoms with Crippen molar-refractivity contribution in [1.82, 2.24) is 4.90 Å². The van der Waals surface area contributed by atoms with E-state index in [1.54, 1.807) is 18.2 Å². The molecule has 0 bridgehead atoms. The number of hydrogen-bond donors (Lipinski definition) is 0. The Morgan fingerprint density at radius 3 is 2.25 bits per heavy atom. The molecule has 6 heteroatoms. The van der Waals surface area contributed by atoms with Gasteiger partial charge in [0.15, 0.2) is 0 Å². The maximum Gasteiger partial charge on any atom is 0.282 e. The van der Waals surface area contributed by atoms with Gasteiger partial charge in [0.05, 0.1) is 23.4 Å². The number of imide groups is 1.